The molecule has 0 aliphatic carbocycles. The van der Waals surface area contributed by atoms with E-state index >= 15 is 0 Å². The van der Waals surface area contributed by atoms with Gasteiger partial charge in [-0.05, 0) is 41.8 Å². The Kier molecular flexibility index (Phi) is 5.52. The second kappa shape index (κ2) is 7.38. The maximum Gasteiger partial charge on any atom is 0.303 e. The van der Waals surface area contributed by atoms with Crippen LogP contribution in [0.5, 0.6) is 5.75 Å². The quantitative estimate of drug-likeness (QED) is 0.774. The van der Waals surface area contributed by atoms with Crippen molar-refractivity contribution in [2.45, 2.75) is 19.4 Å². The summed E-state index contributed by atoms with van der Waals surface area (Å²) in [4.78, 5) is 10.6. The lowest BCUT2D eigenvalue weighted by molar-refractivity contribution is -0.136. The number of nitrogen functional groups attached to an aromatic ring is 1. The van der Waals surface area contributed by atoms with Crippen LogP contribution in [-0.4, -0.2) is 11.1 Å². The van der Waals surface area contributed by atoms with E-state index in [2.05, 4.69) is 0 Å². The highest BCUT2D eigenvalue weighted by Crippen LogP contribution is 2.35. The Morgan fingerprint density at radius 3 is 2.41 bits per heavy atom. The first-order valence-electron chi connectivity index (χ1n) is 6.62. The van der Waals surface area contributed by atoms with Crippen LogP contribution in [0.25, 0.3) is 0 Å². The number of benzene rings is 2. The zero-order valence-corrected chi connectivity index (χ0v) is 13.2. The van der Waals surface area contributed by atoms with Crippen LogP contribution in [0.3, 0.4) is 0 Å². The number of aryl methyl sites for hydroxylation is 1. The summed E-state index contributed by atoms with van der Waals surface area (Å²) >= 11 is 12.3. The van der Waals surface area contributed by atoms with Gasteiger partial charge in [0.2, 0.25) is 0 Å². The number of carboxylic acids is 1. The van der Waals surface area contributed by atoms with Gasteiger partial charge in [-0.25, -0.2) is 0 Å². The van der Waals surface area contributed by atoms with Gasteiger partial charge in [-0.2, -0.15) is 0 Å². The predicted octanol–water partition coefficient (Wildman–Crippen LogP) is 4.17. The largest absolute Gasteiger partial charge is 0.486 e. The molecular formula is C16H15Cl2NO3. The van der Waals surface area contributed by atoms with Crippen molar-refractivity contribution in [2.75, 3.05) is 5.73 Å². The van der Waals surface area contributed by atoms with Gasteiger partial charge in [-0.1, -0.05) is 35.3 Å². The van der Waals surface area contributed by atoms with Crippen molar-refractivity contribution in [3.05, 3.63) is 57.6 Å². The zero-order chi connectivity index (χ0) is 16.1. The van der Waals surface area contributed by atoms with Crippen molar-refractivity contribution in [3.8, 4) is 5.75 Å². The van der Waals surface area contributed by atoms with E-state index in [-0.39, 0.29) is 6.42 Å². The molecule has 0 heterocycles. The number of hydrogen-bond acceptors (Lipinski definition) is 3. The highest BCUT2D eigenvalue weighted by Gasteiger charge is 2.11. The number of nitrogens with two attached hydrogens (primary N) is 1. The van der Waals surface area contributed by atoms with Crippen LogP contribution >= 0.6 is 23.2 Å². The van der Waals surface area contributed by atoms with Crippen LogP contribution in [0.1, 0.15) is 17.5 Å². The van der Waals surface area contributed by atoms with Gasteiger partial charge < -0.3 is 15.6 Å². The van der Waals surface area contributed by atoms with E-state index < -0.39 is 5.97 Å². The van der Waals surface area contributed by atoms with Gasteiger partial charge in [-0.15, -0.1) is 0 Å². The van der Waals surface area contributed by atoms with E-state index in [1.54, 1.807) is 18.2 Å². The Balaban J connectivity index is 2.09. The number of carbonyl (C=O) groups is 1. The molecule has 4 nitrogen and oxygen atoms in total. The summed E-state index contributed by atoms with van der Waals surface area (Å²) in [5.74, 6) is -0.487. The fraction of sp³-hybridized carbons (Fsp3) is 0.188. The molecule has 2 aromatic carbocycles. The average Bonchev–Trinajstić information content (AvgIpc) is 2.44. The number of aliphatic carboxylic acids is 1. The minimum absolute atomic E-state index is 0.0240. The van der Waals surface area contributed by atoms with Crippen molar-refractivity contribution < 1.29 is 14.6 Å². The normalized spacial score (nSPS) is 10.5. The van der Waals surface area contributed by atoms with Crippen molar-refractivity contribution in [1.82, 2.24) is 0 Å². The molecule has 0 saturated heterocycles. The summed E-state index contributed by atoms with van der Waals surface area (Å²) in [5, 5.41) is 9.42. The van der Waals surface area contributed by atoms with Crippen molar-refractivity contribution in [2.24, 2.45) is 0 Å². The molecule has 0 fully saturated rings. The van der Waals surface area contributed by atoms with Gasteiger partial charge >= 0.3 is 5.97 Å². The number of rotatable bonds is 6. The molecule has 0 aliphatic rings. The summed E-state index contributed by atoms with van der Waals surface area (Å²) < 4.78 is 5.65. The minimum Gasteiger partial charge on any atom is -0.486 e. The Morgan fingerprint density at radius 1 is 1.14 bits per heavy atom. The molecule has 0 bridgehead atoms. The number of ether oxygens (including phenoxy) is 1. The summed E-state index contributed by atoms with van der Waals surface area (Å²) in [7, 11) is 0. The average molecular weight is 340 g/mol. The molecule has 2 aromatic rings. The highest BCUT2D eigenvalue weighted by atomic mass is 35.5. The minimum atomic E-state index is -0.866. The number of anilines is 1. The Bertz CT molecular complexity index is 666. The second-order valence-electron chi connectivity index (χ2n) is 4.82. The first kappa shape index (κ1) is 16.5. The molecule has 0 unspecified atom stereocenters. The van der Waals surface area contributed by atoms with Gasteiger partial charge in [0.25, 0.3) is 0 Å². The zero-order valence-electron chi connectivity index (χ0n) is 11.7. The third-order valence-corrected chi connectivity index (χ3v) is 3.58. The van der Waals surface area contributed by atoms with Gasteiger partial charge in [0.1, 0.15) is 6.61 Å². The smallest absolute Gasteiger partial charge is 0.303 e. The SMILES string of the molecule is Nc1cccc(COc2c(Cl)cc(CCC(=O)O)cc2Cl)c1. The van der Waals surface area contributed by atoms with Gasteiger partial charge in [-0.3, -0.25) is 4.79 Å². The Labute approximate surface area is 138 Å². The molecule has 3 N–H and O–H groups in total. The van der Waals surface area contributed by atoms with E-state index in [1.807, 2.05) is 18.2 Å². The molecule has 0 atom stereocenters. The molecule has 116 valence electrons. The van der Waals surface area contributed by atoms with Crippen LogP contribution < -0.4 is 10.5 Å². The molecule has 0 aliphatic heterocycles. The van der Waals surface area contributed by atoms with E-state index in [0.29, 0.717) is 34.5 Å². The summed E-state index contributed by atoms with van der Waals surface area (Å²) in [6.07, 6.45) is 0.389. The third kappa shape index (κ3) is 4.55. The van der Waals surface area contributed by atoms with E-state index in [0.717, 1.165) is 11.1 Å². The molecule has 2 rings (SSSR count). The van der Waals surface area contributed by atoms with Crippen LogP contribution in [0.15, 0.2) is 36.4 Å². The molecular weight excluding hydrogens is 325 g/mol. The molecule has 6 heteroatoms. The molecule has 0 radical (unpaired) electrons. The van der Waals surface area contributed by atoms with Crippen molar-refractivity contribution >= 4 is 34.9 Å². The first-order chi connectivity index (χ1) is 10.5. The number of halogens is 2. The lowest BCUT2D eigenvalue weighted by atomic mass is 10.1. The maximum atomic E-state index is 10.6. The second-order valence-corrected chi connectivity index (χ2v) is 5.63. The van der Waals surface area contributed by atoms with Gasteiger partial charge in [0.05, 0.1) is 10.0 Å². The van der Waals surface area contributed by atoms with Crippen LogP contribution in [0, 0.1) is 0 Å². The highest BCUT2D eigenvalue weighted by molar-refractivity contribution is 6.37. The van der Waals surface area contributed by atoms with Crippen molar-refractivity contribution in [1.29, 1.82) is 0 Å². The van der Waals surface area contributed by atoms with Crippen LogP contribution in [0.2, 0.25) is 10.0 Å². The van der Waals surface area contributed by atoms with Gasteiger partial charge in [0, 0.05) is 12.1 Å². The summed E-state index contributed by atoms with van der Waals surface area (Å²) in [5.41, 5.74) is 8.03. The predicted molar refractivity (Wildman–Crippen MR) is 87.6 cm³/mol. The third-order valence-electron chi connectivity index (χ3n) is 3.02. The summed E-state index contributed by atoms with van der Waals surface area (Å²) in [6.45, 7) is 0.291. The van der Waals surface area contributed by atoms with Crippen LogP contribution in [0.4, 0.5) is 5.69 Å². The molecule has 0 spiro atoms. The molecule has 0 amide bonds. The monoisotopic (exact) mass is 339 g/mol. The van der Waals surface area contributed by atoms with Gasteiger partial charge in [0.15, 0.2) is 5.75 Å². The van der Waals surface area contributed by atoms with E-state index in [9.17, 15) is 4.79 Å². The maximum absolute atomic E-state index is 10.6. The molecule has 0 saturated carbocycles. The van der Waals surface area contributed by atoms with Crippen LogP contribution in [-0.2, 0) is 17.8 Å². The molecule has 0 aromatic heterocycles. The van der Waals surface area contributed by atoms with E-state index in [1.165, 1.54) is 0 Å². The Hall–Kier alpha value is -1.91. The topological polar surface area (TPSA) is 72.5 Å². The fourth-order valence-electron chi connectivity index (χ4n) is 1.98. The Morgan fingerprint density at radius 2 is 1.82 bits per heavy atom. The standard InChI is InChI=1S/C16H15Cl2NO3/c17-13-7-10(4-5-15(20)21)8-14(18)16(13)22-9-11-2-1-3-12(19)6-11/h1-3,6-8H,4-5,9,19H2,(H,20,21). The first-order valence-corrected chi connectivity index (χ1v) is 7.38. The lowest BCUT2D eigenvalue weighted by Crippen LogP contribution is -2.00. The molecule has 22 heavy (non-hydrogen) atoms. The summed E-state index contributed by atoms with van der Waals surface area (Å²) in [6, 6.07) is 10.7. The van der Waals surface area contributed by atoms with E-state index in [4.69, 9.17) is 38.8 Å². The lowest BCUT2D eigenvalue weighted by Gasteiger charge is -2.12. The number of hydrogen-bond donors (Lipinski definition) is 2. The fourth-order valence-corrected chi connectivity index (χ4v) is 2.63. The van der Waals surface area contributed by atoms with Crippen molar-refractivity contribution in [3.63, 3.8) is 0 Å². The number of carboxylic acid groups (broad SMARTS) is 1.